The van der Waals surface area contributed by atoms with Crippen LogP contribution in [0.2, 0.25) is 5.02 Å². The van der Waals surface area contributed by atoms with Crippen molar-refractivity contribution in [2.75, 3.05) is 18.4 Å². The number of amides is 2. The molecule has 7 heteroatoms. The van der Waals surface area contributed by atoms with Crippen molar-refractivity contribution >= 4 is 23.3 Å². The number of carbonyl (C=O) groups excluding carboxylic acids is 1. The number of hydrogen-bond acceptors (Lipinski definition) is 4. The van der Waals surface area contributed by atoms with E-state index < -0.39 is 0 Å². The molecule has 1 aliphatic heterocycles. The van der Waals surface area contributed by atoms with Gasteiger partial charge in [-0.2, -0.15) is 4.98 Å². The molecule has 0 saturated carbocycles. The molecule has 1 aromatic heterocycles. The number of aromatic nitrogens is 2. The number of likely N-dealkylation sites (tertiary alicyclic amines) is 1. The number of carbonyl (C=O) groups is 1. The highest BCUT2D eigenvalue weighted by atomic mass is 35.5. The first-order chi connectivity index (χ1) is 14.0. The van der Waals surface area contributed by atoms with Gasteiger partial charge >= 0.3 is 6.03 Å². The number of nitrogens with one attached hydrogen (secondary N) is 1. The van der Waals surface area contributed by atoms with Gasteiger partial charge in [0.15, 0.2) is 0 Å². The van der Waals surface area contributed by atoms with E-state index in [0.717, 1.165) is 35.2 Å². The van der Waals surface area contributed by atoms with Crippen molar-refractivity contribution in [1.82, 2.24) is 15.0 Å². The molecule has 0 spiro atoms. The average Bonchev–Trinajstić information content (AvgIpc) is 3.22. The highest BCUT2D eigenvalue weighted by Crippen LogP contribution is 2.28. The Bertz CT molecular complexity index is 1020. The Morgan fingerprint density at radius 1 is 1.21 bits per heavy atom. The Hall–Kier alpha value is -2.86. The summed E-state index contributed by atoms with van der Waals surface area (Å²) in [6, 6.07) is 13.1. The second-order valence-corrected chi connectivity index (χ2v) is 7.86. The third kappa shape index (κ3) is 4.27. The SMILES string of the molecule is Cc1cccc(NC(=O)N2CCC[C@@H](c3nc(-c4ccc(Cl)cc4)no3)C2)c1C. The Morgan fingerprint density at radius 2 is 2.00 bits per heavy atom. The summed E-state index contributed by atoms with van der Waals surface area (Å²) in [7, 11) is 0. The number of halogens is 1. The average molecular weight is 411 g/mol. The summed E-state index contributed by atoms with van der Waals surface area (Å²) in [5.41, 5.74) is 3.93. The first-order valence-corrected chi connectivity index (χ1v) is 10.1. The largest absolute Gasteiger partial charge is 0.339 e. The van der Waals surface area contributed by atoms with Crippen LogP contribution in [0.4, 0.5) is 10.5 Å². The Balaban J connectivity index is 1.45. The monoisotopic (exact) mass is 410 g/mol. The van der Waals surface area contributed by atoms with Gasteiger partial charge in [-0.3, -0.25) is 0 Å². The van der Waals surface area contributed by atoms with E-state index in [9.17, 15) is 4.79 Å². The summed E-state index contributed by atoms with van der Waals surface area (Å²) in [5, 5.41) is 7.80. The summed E-state index contributed by atoms with van der Waals surface area (Å²) < 4.78 is 5.52. The van der Waals surface area contributed by atoms with Gasteiger partial charge in [0.2, 0.25) is 11.7 Å². The molecule has 1 N–H and O–H groups in total. The zero-order valence-corrected chi connectivity index (χ0v) is 17.2. The zero-order chi connectivity index (χ0) is 20.4. The molecule has 6 nitrogen and oxygen atoms in total. The molecule has 2 aromatic carbocycles. The molecule has 0 radical (unpaired) electrons. The molecule has 1 aliphatic rings. The molecule has 1 fully saturated rings. The molecule has 3 aromatic rings. The fourth-order valence-corrected chi connectivity index (χ4v) is 3.69. The third-order valence-electron chi connectivity index (χ3n) is 5.45. The second kappa shape index (κ2) is 8.25. The van der Waals surface area contributed by atoms with Gasteiger partial charge in [-0.25, -0.2) is 4.79 Å². The number of hydrogen-bond donors (Lipinski definition) is 1. The minimum atomic E-state index is -0.0964. The number of benzene rings is 2. The number of nitrogens with zero attached hydrogens (tertiary/aromatic N) is 3. The van der Waals surface area contributed by atoms with Crippen LogP contribution in [0.15, 0.2) is 47.0 Å². The Kier molecular flexibility index (Phi) is 5.53. The minimum Gasteiger partial charge on any atom is -0.339 e. The van der Waals surface area contributed by atoms with E-state index in [1.54, 1.807) is 12.1 Å². The van der Waals surface area contributed by atoms with Crippen molar-refractivity contribution in [3.8, 4) is 11.4 Å². The molecule has 29 heavy (non-hydrogen) atoms. The molecule has 2 amide bonds. The molecule has 1 atom stereocenters. The van der Waals surface area contributed by atoms with Crippen molar-refractivity contribution in [3.63, 3.8) is 0 Å². The predicted molar refractivity (Wildman–Crippen MR) is 113 cm³/mol. The summed E-state index contributed by atoms with van der Waals surface area (Å²) in [4.78, 5) is 19.2. The maximum Gasteiger partial charge on any atom is 0.321 e. The van der Waals surface area contributed by atoms with Gasteiger partial charge < -0.3 is 14.7 Å². The maximum absolute atomic E-state index is 12.8. The Morgan fingerprint density at radius 3 is 2.79 bits per heavy atom. The molecule has 0 aliphatic carbocycles. The van der Waals surface area contributed by atoms with Crippen LogP contribution in [0.1, 0.15) is 35.8 Å². The predicted octanol–water partition coefficient (Wildman–Crippen LogP) is 5.42. The molecule has 2 heterocycles. The number of anilines is 1. The summed E-state index contributed by atoms with van der Waals surface area (Å²) in [6.45, 7) is 5.32. The van der Waals surface area contributed by atoms with Crippen molar-refractivity contribution in [3.05, 3.63) is 64.5 Å². The van der Waals surface area contributed by atoms with Crippen molar-refractivity contribution < 1.29 is 9.32 Å². The molecule has 0 unspecified atom stereocenters. The highest BCUT2D eigenvalue weighted by Gasteiger charge is 2.29. The first kappa shape index (κ1) is 19.5. The van der Waals surface area contributed by atoms with Crippen LogP contribution in [0.3, 0.4) is 0 Å². The smallest absolute Gasteiger partial charge is 0.321 e. The number of piperidine rings is 1. The Labute approximate surface area is 174 Å². The fourth-order valence-electron chi connectivity index (χ4n) is 3.56. The maximum atomic E-state index is 12.8. The van der Waals surface area contributed by atoms with Crippen LogP contribution in [-0.4, -0.2) is 34.2 Å². The normalized spacial score (nSPS) is 16.7. The lowest BCUT2D eigenvalue weighted by atomic mass is 9.98. The van der Waals surface area contributed by atoms with Crippen LogP contribution in [0.5, 0.6) is 0 Å². The van der Waals surface area contributed by atoms with Gasteiger partial charge in [0.05, 0.1) is 5.92 Å². The molecule has 150 valence electrons. The van der Waals surface area contributed by atoms with Crippen molar-refractivity contribution in [2.45, 2.75) is 32.6 Å². The minimum absolute atomic E-state index is 0.0293. The first-order valence-electron chi connectivity index (χ1n) is 9.73. The second-order valence-electron chi connectivity index (χ2n) is 7.43. The van der Waals surface area contributed by atoms with E-state index in [0.29, 0.717) is 29.8 Å². The number of rotatable bonds is 3. The third-order valence-corrected chi connectivity index (χ3v) is 5.70. The lowest BCUT2D eigenvalue weighted by Crippen LogP contribution is -2.41. The quantitative estimate of drug-likeness (QED) is 0.625. The van der Waals surface area contributed by atoms with Gasteiger partial charge in [-0.05, 0) is 68.1 Å². The standard InChI is InChI=1S/C22H23ClN4O2/c1-14-5-3-7-19(15(14)2)24-22(28)27-12-4-6-17(13-27)21-25-20(26-29-21)16-8-10-18(23)11-9-16/h3,5,7-11,17H,4,6,12-13H2,1-2H3,(H,24,28)/t17-/m1/s1. The number of aryl methyl sites for hydroxylation is 1. The fraction of sp³-hybridized carbons (Fsp3) is 0.318. The number of urea groups is 1. The van der Waals surface area contributed by atoms with E-state index in [4.69, 9.17) is 16.1 Å². The zero-order valence-electron chi connectivity index (χ0n) is 16.5. The van der Waals surface area contributed by atoms with Crippen LogP contribution in [0.25, 0.3) is 11.4 Å². The van der Waals surface area contributed by atoms with E-state index in [1.165, 1.54) is 0 Å². The van der Waals surface area contributed by atoms with Gasteiger partial charge in [-0.1, -0.05) is 28.9 Å². The van der Waals surface area contributed by atoms with E-state index in [-0.39, 0.29) is 11.9 Å². The lowest BCUT2D eigenvalue weighted by Gasteiger charge is -2.31. The molecule has 1 saturated heterocycles. The highest BCUT2D eigenvalue weighted by molar-refractivity contribution is 6.30. The summed E-state index contributed by atoms with van der Waals surface area (Å²) in [6.07, 6.45) is 1.80. The van der Waals surface area contributed by atoms with Gasteiger partial charge in [-0.15, -0.1) is 0 Å². The molecule has 0 bridgehead atoms. The van der Waals surface area contributed by atoms with Crippen molar-refractivity contribution in [1.29, 1.82) is 0 Å². The summed E-state index contributed by atoms with van der Waals surface area (Å²) >= 11 is 5.94. The van der Waals surface area contributed by atoms with E-state index >= 15 is 0 Å². The van der Waals surface area contributed by atoms with E-state index in [2.05, 4.69) is 15.5 Å². The van der Waals surface area contributed by atoms with Crippen molar-refractivity contribution in [2.24, 2.45) is 0 Å². The van der Waals surface area contributed by atoms with Crippen LogP contribution in [0, 0.1) is 13.8 Å². The van der Waals surface area contributed by atoms with Gasteiger partial charge in [0.1, 0.15) is 0 Å². The lowest BCUT2D eigenvalue weighted by molar-refractivity contribution is 0.184. The molecular weight excluding hydrogens is 388 g/mol. The molecule has 4 rings (SSSR count). The van der Waals surface area contributed by atoms with Gasteiger partial charge in [0, 0.05) is 29.4 Å². The topological polar surface area (TPSA) is 71.3 Å². The molecular formula is C22H23ClN4O2. The van der Waals surface area contributed by atoms with Crippen LogP contribution in [-0.2, 0) is 0 Å². The van der Waals surface area contributed by atoms with Crippen LogP contribution >= 0.6 is 11.6 Å². The summed E-state index contributed by atoms with van der Waals surface area (Å²) in [5.74, 6) is 1.13. The van der Waals surface area contributed by atoms with Crippen LogP contribution < -0.4 is 5.32 Å². The van der Waals surface area contributed by atoms with E-state index in [1.807, 2.05) is 49.1 Å². The van der Waals surface area contributed by atoms with Gasteiger partial charge in [0.25, 0.3) is 0 Å².